The molecule has 4 atom stereocenters. The first-order valence-electron chi connectivity index (χ1n) is 13.2. The number of nitrogen functional groups attached to an aromatic ring is 1. The number of benzene rings is 3. The summed E-state index contributed by atoms with van der Waals surface area (Å²) in [5.41, 5.74) is 8.06. The zero-order valence-corrected chi connectivity index (χ0v) is 22.7. The monoisotopic (exact) mass is 566 g/mol. The van der Waals surface area contributed by atoms with Gasteiger partial charge in [-0.3, -0.25) is 14.5 Å². The summed E-state index contributed by atoms with van der Waals surface area (Å²) in [4.78, 5) is 32.2. The summed E-state index contributed by atoms with van der Waals surface area (Å²) in [5, 5.41) is 3.46. The van der Waals surface area contributed by atoms with Crippen molar-refractivity contribution >= 4 is 52.1 Å². The summed E-state index contributed by atoms with van der Waals surface area (Å²) in [7, 11) is 0. The molecule has 3 fully saturated rings. The van der Waals surface area contributed by atoms with Crippen molar-refractivity contribution in [2.75, 3.05) is 29.0 Å². The standard InChI is InChI=1S/C30H29Cl2FN4O2/c31-18-3-1-4-20(15-18)35-29(38)28-25(22-5-2-6-23(32)27(22)33)26-24(37(28)16-17-7-8-17)13-14-36(30(26)39)21-11-9-19(34)10-12-21/h1-6,9-12,15,17,24-26,28H,7-8,13-14,16,34H2,(H,35,38)/t24-,25-,26+,28?/m0/s1. The van der Waals surface area contributed by atoms with Crippen LogP contribution in [-0.4, -0.2) is 41.9 Å². The van der Waals surface area contributed by atoms with Crippen LogP contribution in [0.4, 0.5) is 21.5 Å². The molecule has 0 aromatic heterocycles. The van der Waals surface area contributed by atoms with E-state index in [9.17, 15) is 9.59 Å². The number of hydrogen-bond acceptors (Lipinski definition) is 4. The molecule has 0 bridgehead atoms. The highest BCUT2D eigenvalue weighted by Crippen LogP contribution is 2.50. The number of likely N-dealkylation sites (tertiary alicyclic amines) is 1. The van der Waals surface area contributed by atoms with E-state index in [2.05, 4.69) is 10.2 Å². The highest BCUT2D eigenvalue weighted by atomic mass is 35.5. The molecule has 9 heteroatoms. The number of halogens is 3. The number of carbonyl (C=O) groups excluding carboxylic acids is 2. The van der Waals surface area contributed by atoms with Gasteiger partial charge in [0.15, 0.2) is 0 Å². The van der Waals surface area contributed by atoms with Gasteiger partial charge < -0.3 is 16.0 Å². The fourth-order valence-corrected chi connectivity index (χ4v) is 6.64. The number of nitrogens with zero attached hydrogens (tertiary/aromatic N) is 2. The van der Waals surface area contributed by atoms with Crippen molar-refractivity contribution in [1.29, 1.82) is 0 Å². The lowest BCUT2D eigenvalue weighted by Gasteiger charge is -2.38. The molecule has 2 saturated heterocycles. The Bertz CT molecular complexity index is 1410. The predicted molar refractivity (Wildman–Crippen MR) is 153 cm³/mol. The van der Waals surface area contributed by atoms with Crippen LogP contribution in [0, 0.1) is 17.7 Å². The first kappa shape index (κ1) is 26.1. The van der Waals surface area contributed by atoms with Crippen LogP contribution in [0.5, 0.6) is 0 Å². The third-order valence-electron chi connectivity index (χ3n) is 8.20. The molecular formula is C30H29Cl2FN4O2. The minimum atomic E-state index is -0.761. The lowest BCUT2D eigenvalue weighted by Crippen LogP contribution is -2.51. The summed E-state index contributed by atoms with van der Waals surface area (Å²) in [6.07, 6.45) is 2.82. The Morgan fingerprint density at radius 2 is 1.74 bits per heavy atom. The van der Waals surface area contributed by atoms with Gasteiger partial charge in [0.25, 0.3) is 0 Å². The van der Waals surface area contributed by atoms with Crippen LogP contribution in [0.2, 0.25) is 10.0 Å². The number of nitrogens with one attached hydrogen (secondary N) is 1. The Labute approximate surface area is 236 Å². The number of carbonyl (C=O) groups is 2. The van der Waals surface area contributed by atoms with Crippen molar-refractivity contribution in [3.8, 4) is 0 Å². The molecule has 1 unspecified atom stereocenters. The quantitative estimate of drug-likeness (QED) is 0.361. The van der Waals surface area contributed by atoms with Gasteiger partial charge in [0.05, 0.1) is 17.0 Å². The molecule has 0 radical (unpaired) electrons. The van der Waals surface area contributed by atoms with E-state index in [1.807, 2.05) is 12.1 Å². The Hall–Kier alpha value is -3.13. The molecule has 1 aliphatic carbocycles. The van der Waals surface area contributed by atoms with Gasteiger partial charge in [-0.15, -0.1) is 0 Å². The number of piperidine rings is 1. The topological polar surface area (TPSA) is 78.7 Å². The van der Waals surface area contributed by atoms with Crippen LogP contribution >= 0.6 is 23.2 Å². The van der Waals surface area contributed by atoms with Gasteiger partial charge in [-0.2, -0.15) is 0 Å². The molecule has 3 N–H and O–H groups in total. The van der Waals surface area contributed by atoms with Gasteiger partial charge >= 0.3 is 0 Å². The Morgan fingerprint density at radius 3 is 2.46 bits per heavy atom. The summed E-state index contributed by atoms with van der Waals surface area (Å²) in [6.45, 7) is 1.18. The largest absolute Gasteiger partial charge is 0.399 e. The maximum Gasteiger partial charge on any atom is 0.242 e. The highest BCUT2D eigenvalue weighted by Gasteiger charge is 2.58. The molecule has 6 nitrogen and oxygen atoms in total. The van der Waals surface area contributed by atoms with Crippen LogP contribution in [0.3, 0.4) is 0 Å². The molecule has 39 heavy (non-hydrogen) atoms. The Balaban J connectivity index is 1.44. The number of amides is 2. The van der Waals surface area contributed by atoms with Crippen LogP contribution in [-0.2, 0) is 9.59 Å². The van der Waals surface area contributed by atoms with E-state index < -0.39 is 23.7 Å². The SMILES string of the molecule is Nc1ccc(N2CC[C@H]3[C@@H](C2=O)[C@H](c2cccc(Cl)c2F)C(C(=O)Nc2cccc(Cl)c2)N3CC2CC2)cc1. The predicted octanol–water partition coefficient (Wildman–Crippen LogP) is 5.95. The fraction of sp³-hybridized carbons (Fsp3) is 0.333. The maximum absolute atomic E-state index is 15.7. The number of rotatable bonds is 6. The van der Waals surface area contributed by atoms with Crippen molar-refractivity contribution in [3.05, 3.63) is 88.2 Å². The summed E-state index contributed by atoms with van der Waals surface area (Å²) in [5.74, 6) is -1.90. The van der Waals surface area contributed by atoms with E-state index >= 15 is 4.39 Å². The van der Waals surface area contributed by atoms with E-state index in [1.54, 1.807) is 53.4 Å². The Morgan fingerprint density at radius 1 is 1.00 bits per heavy atom. The summed E-state index contributed by atoms with van der Waals surface area (Å²) < 4.78 is 15.7. The molecule has 2 aliphatic heterocycles. The zero-order chi connectivity index (χ0) is 27.3. The van der Waals surface area contributed by atoms with Gasteiger partial charge in [-0.25, -0.2) is 4.39 Å². The van der Waals surface area contributed by atoms with Crippen LogP contribution in [0.15, 0.2) is 66.7 Å². The third kappa shape index (κ3) is 4.99. The normalized spacial score (nSPS) is 25.0. The molecule has 1 saturated carbocycles. The maximum atomic E-state index is 15.7. The van der Waals surface area contributed by atoms with Crippen LogP contribution < -0.4 is 16.0 Å². The van der Waals surface area contributed by atoms with Gasteiger partial charge in [0.1, 0.15) is 5.82 Å². The van der Waals surface area contributed by atoms with Gasteiger partial charge in [0, 0.05) is 47.1 Å². The van der Waals surface area contributed by atoms with Crippen molar-refractivity contribution < 1.29 is 14.0 Å². The first-order chi connectivity index (χ1) is 18.8. The van der Waals surface area contributed by atoms with Gasteiger partial charge in [0.2, 0.25) is 11.8 Å². The number of anilines is 3. The van der Waals surface area contributed by atoms with E-state index in [0.717, 1.165) is 18.5 Å². The molecule has 202 valence electrons. The van der Waals surface area contributed by atoms with E-state index in [-0.39, 0.29) is 28.4 Å². The van der Waals surface area contributed by atoms with Crippen molar-refractivity contribution in [3.63, 3.8) is 0 Å². The average Bonchev–Trinajstić information content (AvgIpc) is 3.67. The van der Waals surface area contributed by atoms with Gasteiger partial charge in [-0.05, 0) is 79.3 Å². The molecule has 0 spiro atoms. The molecule has 2 heterocycles. The van der Waals surface area contributed by atoms with Crippen LogP contribution in [0.1, 0.15) is 30.7 Å². The molecule has 6 rings (SSSR count). The minimum absolute atomic E-state index is 0.0302. The lowest BCUT2D eigenvalue weighted by molar-refractivity contribution is -0.125. The van der Waals surface area contributed by atoms with Gasteiger partial charge in [-0.1, -0.05) is 41.4 Å². The second-order valence-electron chi connectivity index (χ2n) is 10.7. The van der Waals surface area contributed by atoms with E-state index in [4.69, 9.17) is 28.9 Å². The van der Waals surface area contributed by atoms with Crippen molar-refractivity contribution in [2.45, 2.75) is 37.3 Å². The highest BCUT2D eigenvalue weighted by molar-refractivity contribution is 6.31. The molecular weight excluding hydrogens is 538 g/mol. The summed E-state index contributed by atoms with van der Waals surface area (Å²) >= 11 is 12.4. The smallest absolute Gasteiger partial charge is 0.242 e. The molecule has 3 aromatic rings. The lowest BCUT2D eigenvalue weighted by atomic mass is 9.78. The second-order valence-corrected chi connectivity index (χ2v) is 11.6. The van der Waals surface area contributed by atoms with Crippen LogP contribution in [0.25, 0.3) is 0 Å². The average molecular weight is 567 g/mol. The third-order valence-corrected chi connectivity index (χ3v) is 8.72. The second kappa shape index (κ2) is 10.5. The minimum Gasteiger partial charge on any atom is -0.399 e. The van der Waals surface area contributed by atoms with Crippen molar-refractivity contribution in [1.82, 2.24) is 4.90 Å². The van der Waals surface area contributed by atoms with E-state index in [1.165, 1.54) is 6.07 Å². The molecule has 2 amide bonds. The zero-order valence-electron chi connectivity index (χ0n) is 21.2. The van der Waals surface area contributed by atoms with E-state index in [0.29, 0.717) is 41.8 Å². The number of fused-ring (bicyclic) bond motifs is 1. The summed E-state index contributed by atoms with van der Waals surface area (Å²) in [6, 6.07) is 17.9. The number of nitrogens with two attached hydrogens (primary N) is 1. The number of hydrogen-bond donors (Lipinski definition) is 2. The first-order valence-corrected chi connectivity index (χ1v) is 14.0. The van der Waals surface area contributed by atoms with Crippen molar-refractivity contribution in [2.24, 2.45) is 11.8 Å². The Kier molecular flexibility index (Phi) is 7.00. The fourth-order valence-electron chi connectivity index (χ4n) is 6.27. The molecule has 3 aromatic carbocycles. The molecule has 3 aliphatic rings.